The van der Waals surface area contributed by atoms with E-state index in [1.54, 1.807) is 7.11 Å². The molecule has 0 N–H and O–H groups in total. The third kappa shape index (κ3) is 3.44. The number of methoxy groups -OCH3 is 1. The van der Waals surface area contributed by atoms with Crippen LogP contribution in [0.3, 0.4) is 0 Å². The molecular weight excluding hydrogens is 216 g/mol. The first-order valence-corrected chi connectivity index (χ1v) is 7.04. The molecule has 2 fully saturated rings. The van der Waals surface area contributed by atoms with Gasteiger partial charge in [-0.3, -0.25) is 4.79 Å². The van der Waals surface area contributed by atoms with Crippen LogP contribution in [0.1, 0.15) is 57.8 Å². The van der Waals surface area contributed by atoms with Gasteiger partial charge in [0, 0.05) is 7.11 Å². The maximum absolute atomic E-state index is 12.1. The van der Waals surface area contributed by atoms with E-state index in [-0.39, 0.29) is 24.1 Å². The highest BCUT2D eigenvalue weighted by molar-refractivity contribution is 5.72. The molecular formula is C14H24O3. The van der Waals surface area contributed by atoms with E-state index in [2.05, 4.69) is 0 Å². The molecule has 0 aliphatic heterocycles. The van der Waals surface area contributed by atoms with Gasteiger partial charge in [0.2, 0.25) is 0 Å². The van der Waals surface area contributed by atoms with E-state index in [4.69, 9.17) is 9.47 Å². The zero-order valence-electron chi connectivity index (χ0n) is 10.8. The Bertz CT molecular complexity index is 246. The molecule has 2 saturated carbocycles. The maximum atomic E-state index is 12.1. The second-order valence-corrected chi connectivity index (χ2v) is 5.37. The number of esters is 1. The van der Waals surface area contributed by atoms with Gasteiger partial charge in [-0.25, -0.2) is 0 Å². The molecule has 0 spiro atoms. The van der Waals surface area contributed by atoms with Crippen LogP contribution in [0.25, 0.3) is 0 Å². The summed E-state index contributed by atoms with van der Waals surface area (Å²) in [6, 6.07) is 0. The Morgan fingerprint density at radius 1 is 0.882 bits per heavy atom. The average Bonchev–Trinajstić information content (AvgIpc) is 2.40. The lowest BCUT2D eigenvalue weighted by Gasteiger charge is -2.31. The molecule has 0 bridgehead atoms. The minimum atomic E-state index is 0.00294. The topological polar surface area (TPSA) is 35.5 Å². The number of hydrogen-bond donors (Lipinski definition) is 0. The van der Waals surface area contributed by atoms with Crippen LogP contribution in [0.5, 0.6) is 0 Å². The first-order chi connectivity index (χ1) is 8.31. The van der Waals surface area contributed by atoms with E-state index >= 15 is 0 Å². The van der Waals surface area contributed by atoms with Crippen LogP contribution in [0.15, 0.2) is 0 Å². The molecule has 0 aromatic rings. The molecule has 0 aromatic heterocycles. The zero-order valence-corrected chi connectivity index (χ0v) is 10.8. The zero-order chi connectivity index (χ0) is 12.1. The molecule has 3 nitrogen and oxygen atoms in total. The standard InChI is InChI=1S/C14H24O3/c1-16-12-9-5-6-10-13(12)17-14(15)11-7-3-2-4-8-11/h11-13H,2-10H2,1H3. The van der Waals surface area contributed by atoms with Gasteiger partial charge in [0.05, 0.1) is 12.0 Å². The van der Waals surface area contributed by atoms with Gasteiger partial charge in [-0.15, -0.1) is 0 Å². The van der Waals surface area contributed by atoms with Crippen molar-refractivity contribution in [3.63, 3.8) is 0 Å². The monoisotopic (exact) mass is 240 g/mol. The third-order valence-corrected chi connectivity index (χ3v) is 4.15. The minimum Gasteiger partial charge on any atom is -0.459 e. The lowest BCUT2D eigenvalue weighted by molar-refractivity contribution is -0.165. The predicted octanol–water partition coefficient (Wildman–Crippen LogP) is 3.07. The van der Waals surface area contributed by atoms with Crippen LogP contribution in [0.2, 0.25) is 0 Å². The van der Waals surface area contributed by atoms with Crippen molar-refractivity contribution in [3.8, 4) is 0 Å². The Hall–Kier alpha value is -0.570. The Morgan fingerprint density at radius 2 is 1.47 bits per heavy atom. The molecule has 0 amide bonds. The molecule has 2 unspecified atom stereocenters. The van der Waals surface area contributed by atoms with Crippen molar-refractivity contribution >= 4 is 5.97 Å². The first kappa shape index (κ1) is 12.9. The van der Waals surface area contributed by atoms with E-state index in [9.17, 15) is 4.79 Å². The van der Waals surface area contributed by atoms with Crippen LogP contribution < -0.4 is 0 Å². The van der Waals surface area contributed by atoms with E-state index in [1.165, 1.54) is 25.7 Å². The maximum Gasteiger partial charge on any atom is 0.309 e. The second-order valence-electron chi connectivity index (χ2n) is 5.37. The SMILES string of the molecule is COC1CCCCC1OC(=O)C1CCCCC1. The lowest BCUT2D eigenvalue weighted by atomic mass is 9.89. The molecule has 2 aliphatic carbocycles. The van der Waals surface area contributed by atoms with Gasteiger partial charge < -0.3 is 9.47 Å². The largest absolute Gasteiger partial charge is 0.459 e. The van der Waals surface area contributed by atoms with Gasteiger partial charge >= 0.3 is 5.97 Å². The van der Waals surface area contributed by atoms with Gasteiger partial charge in [-0.2, -0.15) is 0 Å². The first-order valence-electron chi connectivity index (χ1n) is 7.04. The molecule has 2 aliphatic rings. The summed E-state index contributed by atoms with van der Waals surface area (Å²) in [6.07, 6.45) is 10.1. The van der Waals surface area contributed by atoms with E-state index in [1.807, 2.05) is 0 Å². The molecule has 17 heavy (non-hydrogen) atoms. The second kappa shape index (κ2) is 6.39. The molecule has 0 saturated heterocycles. The van der Waals surface area contributed by atoms with E-state index < -0.39 is 0 Å². The summed E-state index contributed by atoms with van der Waals surface area (Å²) in [5, 5.41) is 0. The summed E-state index contributed by atoms with van der Waals surface area (Å²) in [7, 11) is 1.72. The van der Waals surface area contributed by atoms with Crippen LogP contribution >= 0.6 is 0 Å². The number of ether oxygens (including phenoxy) is 2. The molecule has 0 aromatic carbocycles. The minimum absolute atomic E-state index is 0.00294. The van der Waals surface area contributed by atoms with Crippen molar-refractivity contribution in [2.75, 3.05) is 7.11 Å². The van der Waals surface area contributed by atoms with Crippen molar-refractivity contribution in [2.24, 2.45) is 5.92 Å². The fraction of sp³-hybridized carbons (Fsp3) is 0.929. The van der Waals surface area contributed by atoms with Crippen LogP contribution in [0, 0.1) is 5.92 Å². The van der Waals surface area contributed by atoms with Crippen molar-refractivity contribution in [1.82, 2.24) is 0 Å². The highest BCUT2D eigenvalue weighted by Crippen LogP contribution is 2.28. The third-order valence-electron chi connectivity index (χ3n) is 4.15. The Balaban J connectivity index is 1.83. The Kier molecular flexibility index (Phi) is 4.84. The predicted molar refractivity (Wildman–Crippen MR) is 65.7 cm³/mol. The molecule has 2 rings (SSSR count). The van der Waals surface area contributed by atoms with Gasteiger partial charge in [0.1, 0.15) is 6.10 Å². The summed E-state index contributed by atoms with van der Waals surface area (Å²) in [5.74, 6) is 0.182. The van der Waals surface area contributed by atoms with Crippen molar-refractivity contribution in [3.05, 3.63) is 0 Å². The number of carbonyl (C=O) groups excluding carboxylic acids is 1. The quantitative estimate of drug-likeness (QED) is 0.711. The smallest absolute Gasteiger partial charge is 0.309 e. The normalized spacial score (nSPS) is 31.1. The summed E-state index contributed by atoms with van der Waals surface area (Å²) >= 11 is 0. The van der Waals surface area contributed by atoms with Crippen LogP contribution in [-0.2, 0) is 14.3 Å². The molecule has 2 atom stereocenters. The van der Waals surface area contributed by atoms with E-state index in [0.29, 0.717) is 0 Å². The fourth-order valence-electron chi connectivity index (χ4n) is 3.05. The highest BCUT2D eigenvalue weighted by atomic mass is 16.6. The van der Waals surface area contributed by atoms with Crippen molar-refractivity contribution in [1.29, 1.82) is 0 Å². The van der Waals surface area contributed by atoms with Crippen LogP contribution in [0.4, 0.5) is 0 Å². The van der Waals surface area contributed by atoms with Crippen molar-refractivity contribution < 1.29 is 14.3 Å². The van der Waals surface area contributed by atoms with Crippen molar-refractivity contribution in [2.45, 2.75) is 70.0 Å². The molecule has 0 radical (unpaired) electrons. The Labute approximate surface area is 104 Å². The molecule has 98 valence electrons. The summed E-state index contributed by atoms with van der Waals surface area (Å²) < 4.78 is 11.1. The summed E-state index contributed by atoms with van der Waals surface area (Å²) in [6.45, 7) is 0. The number of hydrogen-bond acceptors (Lipinski definition) is 3. The molecule has 3 heteroatoms. The number of carbonyl (C=O) groups is 1. The lowest BCUT2D eigenvalue weighted by Crippen LogP contribution is -2.37. The van der Waals surface area contributed by atoms with E-state index in [0.717, 1.165) is 32.1 Å². The summed E-state index contributed by atoms with van der Waals surface area (Å²) in [5.41, 5.74) is 0. The van der Waals surface area contributed by atoms with Gasteiger partial charge in [0.15, 0.2) is 0 Å². The van der Waals surface area contributed by atoms with Gasteiger partial charge in [-0.05, 0) is 32.1 Å². The molecule has 0 heterocycles. The van der Waals surface area contributed by atoms with Crippen LogP contribution in [-0.4, -0.2) is 25.3 Å². The van der Waals surface area contributed by atoms with Gasteiger partial charge in [-0.1, -0.05) is 25.7 Å². The number of rotatable bonds is 3. The average molecular weight is 240 g/mol. The fourth-order valence-corrected chi connectivity index (χ4v) is 3.05. The van der Waals surface area contributed by atoms with Gasteiger partial charge in [0.25, 0.3) is 0 Å². The highest BCUT2D eigenvalue weighted by Gasteiger charge is 2.31. The summed E-state index contributed by atoms with van der Waals surface area (Å²) in [4.78, 5) is 12.1. The Morgan fingerprint density at radius 3 is 2.12 bits per heavy atom.